The minimum Gasteiger partial charge on any atom is -0.310 e. The molecule has 0 aliphatic rings. The molecule has 0 fully saturated rings. The van der Waals surface area contributed by atoms with Gasteiger partial charge in [0.1, 0.15) is 5.15 Å². The van der Waals surface area contributed by atoms with Gasteiger partial charge in [-0.25, -0.2) is 9.97 Å². The largest absolute Gasteiger partial charge is 0.310 e. The minimum atomic E-state index is -0.330. The Morgan fingerprint density at radius 1 is 1.30 bits per heavy atom. The predicted molar refractivity (Wildman–Crippen MR) is 92.2 cm³/mol. The summed E-state index contributed by atoms with van der Waals surface area (Å²) < 4.78 is 1.98. The molecular weight excluding hydrogens is 335 g/mol. The summed E-state index contributed by atoms with van der Waals surface area (Å²) in [6, 6.07) is 9.25. The highest BCUT2D eigenvalue weighted by Crippen LogP contribution is 2.22. The molecule has 0 saturated carbocycles. The summed E-state index contributed by atoms with van der Waals surface area (Å²) in [5.41, 5.74) is 2.15. The quantitative estimate of drug-likeness (QED) is 0.710. The fraction of sp³-hybridized carbons (Fsp3) is 0.188. The molecule has 0 spiro atoms. The number of rotatable bonds is 4. The lowest BCUT2D eigenvalue weighted by molar-refractivity contribution is 0.102. The second kappa shape index (κ2) is 6.56. The number of amides is 1. The number of hydrogen-bond donors (Lipinski definition) is 1. The SMILES string of the molecule is CCCn1c(NC(=O)c2cnc(Cl)c(Cl)c2)nc2ccccc21. The van der Waals surface area contributed by atoms with E-state index in [1.54, 1.807) is 0 Å². The van der Waals surface area contributed by atoms with Gasteiger partial charge < -0.3 is 4.57 Å². The molecule has 118 valence electrons. The van der Waals surface area contributed by atoms with E-state index in [0.717, 1.165) is 24.0 Å². The van der Waals surface area contributed by atoms with Gasteiger partial charge in [0.15, 0.2) is 0 Å². The van der Waals surface area contributed by atoms with Gasteiger partial charge in [-0.05, 0) is 24.6 Å². The molecule has 3 aromatic rings. The topological polar surface area (TPSA) is 59.8 Å². The van der Waals surface area contributed by atoms with Crippen molar-refractivity contribution in [2.75, 3.05) is 5.32 Å². The van der Waals surface area contributed by atoms with Gasteiger partial charge in [0.2, 0.25) is 5.95 Å². The van der Waals surface area contributed by atoms with Crippen LogP contribution in [0.5, 0.6) is 0 Å². The number of aryl methyl sites for hydroxylation is 1. The van der Waals surface area contributed by atoms with Crippen LogP contribution in [0.2, 0.25) is 10.2 Å². The third kappa shape index (κ3) is 3.16. The van der Waals surface area contributed by atoms with Crippen molar-refractivity contribution in [1.82, 2.24) is 14.5 Å². The molecule has 1 aromatic carbocycles. The zero-order valence-corrected chi connectivity index (χ0v) is 13.9. The molecule has 1 N–H and O–H groups in total. The van der Waals surface area contributed by atoms with Gasteiger partial charge in [-0.1, -0.05) is 42.3 Å². The second-order valence-corrected chi connectivity index (χ2v) is 5.79. The Hall–Kier alpha value is -2.11. The number of nitrogens with zero attached hydrogens (tertiary/aromatic N) is 3. The first-order chi connectivity index (χ1) is 11.1. The van der Waals surface area contributed by atoms with Crippen LogP contribution in [0.3, 0.4) is 0 Å². The smallest absolute Gasteiger partial charge is 0.259 e. The van der Waals surface area contributed by atoms with Crippen molar-refractivity contribution >= 4 is 46.1 Å². The van der Waals surface area contributed by atoms with Gasteiger partial charge >= 0.3 is 0 Å². The number of benzene rings is 1. The summed E-state index contributed by atoms with van der Waals surface area (Å²) >= 11 is 11.7. The van der Waals surface area contributed by atoms with E-state index in [-0.39, 0.29) is 16.1 Å². The molecule has 2 heterocycles. The molecule has 0 radical (unpaired) electrons. The number of halogens is 2. The summed E-state index contributed by atoms with van der Waals surface area (Å²) in [4.78, 5) is 20.8. The molecule has 2 aromatic heterocycles. The number of anilines is 1. The Labute approximate surface area is 143 Å². The van der Waals surface area contributed by atoms with Crippen molar-refractivity contribution in [1.29, 1.82) is 0 Å². The number of imidazole rings is 1. The first-order valence-corrected chi connectivity index (χ1v) is 7.93. The van der Waals surface area contributed by atoms with E-state index < -0.39 is 0 Å². The Balaban J connectivity index is 1.95. The van der Waals surface area contributed by atoms with Gasteiger partial charge in [-0.3, -0.25) is 10.1 Å². The second-order valence-electron chi connectivity index (χ2n) is 5.03. The molecule has 5 nitrogen and oxygen atoms in total. The zero-order chi connectivity index (χ0) is 16.4. The molecule has 0 atom stereocenters. The monoisotopic (exact) mass is 348 g/mol. The lowest BCUT2D eigenvalue weighted by atomic mass is 10.3. The Morgan fingerprint density at radius 2 is 2.09 bits per heavy atom. The first kappa shape index (κ1) is 15.8. The number of hydrogen-bond acceptors (Lipinski definition) is 3. The van der Waals surface area contributed by atoms with Crippen molar-refractivity contribution in [3.05, 3.63) is 52.3 Å². The normalized spacial score (nSPS) is 10.9. The van der Waals surface area contributed by atoms with Crippen LogP contribution in [0.25, 0.3) is 11.0 Å². The Morgan fingerprint density at radius 3 is 2.83 bits per heavy atom. The summed E-state index contributed by atoms with van der Waals surface area (Å²) in [5, 5.41) is 3.22. The van der Waals surface area contributed by atoms with Crippen molar-refractivity contribution in [3.63, 3.8) is 0 Å². The number of fused-ring (bicyclic) bond motifs is 1. The third-order valence-electron chi connectivity index (χ3n) is 3.39. The van der Waals surface area contributed by atoms with E-state index in [4.69, 9.17) is 23.2 Å². The summed E-state index contributed by atoms with van der Waals surface area (Å²) in [5.74, 6) is 0.174. The standard InChI is InChI=1S/C16H14Cl2N4O/c1-2-7-22-13-6-4-3-5-12(13)20-16(22)21-15(23)10-8-11(17)14(18)19-9-10/h3-6,8-9H,2,7H2,1H3,(H,20,21,23). The van der Waals surface area contributed by atoms with Gasteiger partial charge in [0.05, 0.1) is 21.6 Å². The fourth-order valence-corrected chi connectivity index (χ4v) is 2.61. The molecule has 0 saturated heterocycles. The van der Waals surface area contributed by atoms with Gasteiger partial charge in [-0.15, -0.1) is 0 Å². The number of carbonyl (C=O) groups excluding carboxylic acids is 1. The highest BCUT2D eigenvalue weighted by atomic mass is 35.5. The Bertz CT molecular complexity index is 876. The van der Waals surface area contributed by atoms with E-state index in [2.05, 4.69) is 22.2 Å². The molecular formula is C16H14Cl2N4O. The molecule has 0 aliphatic heterocycles. The summed E-state index contributed by atoms with van der Waals surface area (Å²) in [6.07, 6.45) is 2.31. The van der Waals surface area contributed by atoms with Crippen LogP contribution in [0.1, 0.15) is 23.7 Å². The van der Waals surface area contributed by atoms with Crippen molar-refractivity contribution < 1.29 is 4.79 Å². The van der Waals surface area contributed by atoms with Crippen LogP contribution >= 0.6 is 23.2 Å². The number of carbonyl (C=O) groups is 1. The number of para-hydroxylation sites is 2. The summed E-state index contributed by atoms with van der Waals surface area (Å²) in [6.45, 7) is 2.83. The lowest BCUT2D eigenvalue weighted by Gasteiger charge is -2.09. The maximum absolute atomic E-state index is 12.4. The number of pyridine rings is 1. The van der Waals surface area contributed by atoms with Crippen LogP contribution in [-0.2, 0) is 6.54 Å². The molecule has 23 heavy (non-hydrogen) atoms. The first-order valence-electron chi connectivity index (χ1n) is 7.18. The average Bonchev–Trinajstić information content (AvgIpc) is 2.88. The van der Waals surface area contributed by atoms with Gasteiger partial charge in [0.25, 0.3) is 5.91 Å². The van der Waals surface area contributed by atoms with Crippen molar-refractivity contribution in [2.45, 2.75) is 19.9 Å². The van der Waals surface area contributed by atoms with E-state index in [1.807, 2.05) is 28.8 Å². The van der Waals surface area contributed by atoms with Crippen LogP contribution in [0, 0.1) is 0 Å². The highest BCUT2D eigenvalue weighted by molar-refractivity contribution is 6.41. The zero-order valence-electron chi connectivity index (χ0n) is 12.4. The third-order valence-corrected chi connectivity index (χ3v) is 4.07. The molecule has 7 heteroatoms. The molecule has 0 aliphatic carbocycles. The predicted octanol–water partition coefficient (Wildman–Crippen LogP) is 4.40. The Kier molecular flexibility index (Phi) is 4.50. The van der Waals surface area contributed by atoms with Crippen LogP contribution in [-0.4, -0.2) is 20.4 Å². The maximum atomic E-state index is 12.4. The lowest BCUT2D eigenvalue weighted by Crippen LogP contribution is -2.16. The average molecular weight is 349 g/mol. The van der Waals surface area contributed by atoms with Crippen molar-refractivity contribution in [3.8, 4) is 0 Å². The highest BCUT2D eigenvalue weighted by Gasteiger charge is 2.15. The minimum absolute atomic E-state index is 0.168. The van der Waals surface area contributed by atoms with Crippen LogP contribution < -0.4 is 5.32 Å². The maximum Gasteiger partial charge on any atom is 0.259 e. The van der Waals surface area contributed by atoms with Crippen LogP contribution in [0.4, 0.5) is 5.95 Å². The van der Waals surface area contributed by atoms with Gasteiger partial charge in [-0.2, -0.15) is 0 Å². The van der Waals surface area contributed by atoms with Gasteiger partial charge in [0, 0.05) is 12.7 Å². The molecule has 0 bridgehead atoms. The molecule has 1 amide bonds. The fourth-order valence-electron chi connectivity index (χ4n) is 2.34. The summed E-state index contributed by atoms with van der Waals surface area (Å²) in [7, 11) is 0. The number of aromatic nitrogens is 3. The number of nitrogens with one attached hydrogen (secondary N) is 1. The molecule has 3 rings (SSSR count). The van der Waals surface area contributed by atoms with Crippen LogP contribution in [0.15, 0.2) is 36.5 Å². The van der Waals surface area contributed by atoms with E-state index in [1.165, 1.54) is 12.3 Å². The van der Waals surface area contributed by atoms with E-state index in [9.17, 15) is 4.79 Å². The van der Waals surface area contributed by atoms with E-state index in [0.29, 0.717) is 11.5 Å². The van der Waals surface area contributed by atoms with E-state index >= 15 is 0 Å². The molecule has 0 unspecified atom stereocenters. The van der Waals surface area contributed by atoms with Crippen molar-refractivity contribution in [2.24, 2.45) is 0 Å².